The summed E-state index contributed by atoms with van der Waals surface area (Å²) in [5.41, 5.74) is 0.775. The maximum atomic E-state index is 14.5. The Labute approximate surface area is 217 Å². The summed E-state index contributed by atoms with van der Waals surface area (Å²) < 4.78 is 26.3. The molecule has 1 heterocycles. The highest BCUT2D eigenvalue weighted by molar-refractivity contribution is 5.99. The molecule has 8 nitrogen and oxygen atoms in total. The first-order chi connectivity index (χ1) is 17.7. The Morgan fingerprint density at radius 2 is 1.89 bits per heavy atom. The van der Waals surface area contributed by atoms with E-state index in [0.29, 0.717) is 29.8 Å². The van der Waals surface area contributed by atoms with Crippen LogP contribution in [0.1, 0.15) is 54.3 Å². The predicted octanol–water partition coefficient (Wildman–Crippen LogP) is 4.21. The molecule has 0 radical (unpaired) electrons. The van der Waals surface area contributed by atoms with E-state index in [0.717, 1.165) is 0 Å². The third kappa shape index (κ3) is 6.85. The predicted molar refractivity (Wildman–Crippen MR) is 139 cm³/mol. The Hall–Kier alpha value is -3.46. The van der Waals surface area contributed by atoms with Crippen LogP contribution in [0.5, 0.6) is 5.75 Å². The van der Waals surface area contributed by atoms with E-state index in [4.69, 9.17) is 9.47 Å². The molecule has 0 aromatic heterocycles. The lowest BCUT2D eigenvalue weighted by molar-refractivity contribution is -0.116. The largest absolute Gasteiger partial charge is 0.491 e. The molecule has 0 unspecified atom stereocenters. The van der Waals surface area contributed by atoms with Gasteiger partial charge in [-0.3, -0.25) is 14.4 Å². The van der Waals surface area contributed by atoms with E-state index in [2.05, 4.69) is 5.32 Å². The van der Waals surface area contributed by atoms with E-state index in [9.17, 15) is 18.8 Å². The van der Waals surface area contributed by atoms with Crippen LogP contribution in [0.3, 0.4) is 0 Å². The lowest BCUT2D eigenvalue weighted by Gasteiger charge is -2.36. The van der Waals surface area contributed by atoms with Crippen molar-refractivity contribution >= 4 is 23.4 Å². The number of nitrogens with one attached hydrogen (secondary N) is 1. The van der Waals surface area contributed by atoms with Crippen LogP contribution in [-0.2, 0) is 9.53 Å². The fraction of sp³-hybridized carbons (Fsp3) is 0.464. The van der Waals surface area contributed by atoms with Gasteiger partial charge in [-0.25, -0.2) is 4.39 Å². The summed E-state index contributed by atoms with van der Waals surface area (Å²) in [5, 5.41) is 2.82. The third-order valence-electron chi connectivity index (χ3n) is 6.57. The van der Waals surface area contributed by atoms with Crippen LogP contribution in [0.15, 0.2) is 42.5 Å². The number of anilines is 1. The second-order valence-corrected chi connectivity index (χ2v) is 9.54. The van der Waals surface area contributed by atoms with Crippen molar-refractivity contribution in [1.82, 2.24) is 9.80 Å². The van der Waals surface area contributed by atoms with Gasteiger partial charge in [-0.1, -0.05) is 26.0 Å². The normalized spacial score (nSPS) is 20.8. The summed E-state index contributed by atoms with van der Waals surface area (Å²) in [4.78, 5) is 42.1. The third-order valence-corrected chi connectivity index (χ3v) is 6.57. The summed E-state index contributed by atoms with van der Waals surface area (Å²) in [6.07, 6.45) is 0.699. The molecule has 3 rings (SSSR count). The van der Waals surface area contributed by atoms with E-state index in [1.807, 2.05) is 20.8 Å². The van der Waals surface area contributed by atoms with Crippen LogP contribution in [-0.4, -0.2) is 73.5 Å². The number of benzene rings is 2. The first kappa shape index (κ1) is 28.1. The Morgan fingerprint density at radius 3 is 2.57 bits per heavy atom. The summed E-state index contributed by atoms with van der Waals surface area (Å²) in [6.45, 7) is 6.30. The van der Waals surface area contributed by atoms with Gasteiger partial charge in [-0.2, -0.15) is 0 Å². The number of carbonyl (C=O) groups excluding carboxylic acids is 3. The van der Waals surface area contributed by atoms with Crippen molar-refractivity contribution < 1.29 is 28.2 Å². The van der Waals surface area contributed by atoms with Crippen LogP contribution >= 0.6 is 0 Å². The minimum Gasteiger partial charge on any atom is -0.491 e. The SMILES string of the molecule is CCCC(=O)Nc1ccc2c(c1)C(=O)N(C)C[C@@H](OC)[C@H](C)CN(C(=O)c1ccccc1F)[C@@H](C)CO2. The first-order valence-electron chi connectivity index (χ1n) is 12.6. The Balaban J connectivity index is 1.98. The minimum absolute atomic E-state index is 0.0113. The van der Waals surface area contributed by atoms with Crippen molar-refractivity contribution in [3.8, 4) is 5.75 Å². The molecule has 0 fully saturated rings. The van der Waals surface area contributed by atoms with E-state index < -0.39 is 17.8 Å². The zero-order valence-electron chi connectivity index (χ0n) is 22.1. The van der Waals surface area contributed by atoms with Crippen molar-refractivity contribution in [2.45, 2.75) is 45.8 Å². The molecular formula is C28H36FN3O5. The molecule has 0 spiro atoms. The van der Waals surface area contributed by atoms with E-state index >= 15 is 0 Å². The van der Waals surface area contributed by atoms with Crippen LogP contribution in [0.25, 0.3) is 0 Å². The molecule has 0 bridgehead atoms. The molecular weight excluding hydrogens is 477 g/mol. The highest BCUT2D eigenvalue weighted by atomic mass is 19.1. The number of amides is 3. The monoisotopic (exact) mass is 513 g/mol. The zero-order chi connectivity index (χ0) is 27.1. The number of halogens is 1. The average molecular weight is 514 g/mol. The number of methoxy groups -OCH3 is 1. The van der Waals surface area contributed by atoms with Gasteiger partial charge in [0.2, 0.25) is 5.91 Å². The molecule has 0 saturated carbocycles. The molecule has 1 N–H and O–H groups in total. The van der Waals surface area contributed by atoms with Gasteiger partial charge in [-0.05, 0) is 43.7 Å². The molecule has 3 atom stereocenters. The number of likely N-dealkylation sites (N-methyl/N-ethyl adjacent to an activating group) is 1. The van der Waals surface area contributed by atoms with Gasteiger partial charge in [0.1, 0.15) is 18.2 Å². The maximum absolute atomic E-state index is 14.5. The van der Waals surface area contributed by atoms with Crippen LogP contribution in [0.2, 0.25) is 0 Å². The highest BCUT2D eigenvalue weighted by Crippen LogP contribution is 2.27. The smallest absolute Gasteiger partial charge is 0.257 e. The van der Waals surface area contributed by atoms with E-state index in [1.165, 1.54) is 12.1 Å². The average Bonchev–Trinajstić information content (AvgIpc) is 2.88. The van der Waals surface area contributed by atoms with Crippen molar-refractivity contribution in [3.63, 3.8) is 0 Å². The van der Waals surface area contributed by atoms with Crippen molar-refractivity contribution in [2.24, 2.45) is 5.92 Å². The lowest BCUT2D eigenvalue weighted by Crippen LogP contribution is -2.48. The molecule has 37 heavy (non-hydrogen) atoms. The van der Waals surface area contributed by atoms with Crippen LogP contribution in [0, 0.1) is 11.7 Å². The summed E-state index contributed by atoms with van der Waals surface area (Å²) in [6, 6.07) is 10.4. The molecule has 2 aromatic rings. The fourth-order valence-electron chi connectivity index (χ4n) is 4.38. The number of nitrogens with zero attached hydrogens (tertiary/aromatic N) is 2. The number of fused-ring (bicyclic) bond motifs is 1. The minimum atomic E-state index is -0.587. The number of ether oxygens (including phenoxy) is 2. The van der Waals surface area contributed by atoms with Gasteiger partial charge in [0.15, 0.2) is 0 Å². The maximum Gasteiger partial charge on any atom is 0.257 e. The summed E-state index contributed by atoms with van der Waals surface area (Å²) in [7, 11) is 3.24. The van der Waals surface area contributed by atoms with Gasteiger partial charge >= 0.3 is 0 Å². The Morgan fingerprint density at radius 1 is 1.16 bits per heavy atom. The molecule has 9 heteroatoms. The summed E-state index contributed by atoms with van der Waals surface area (Å²) in [5.74, 6) is -1.28. The van der Waals surface area contributed by atoms with Gasteiger partial charge in [-0.15, -0.1) is 0 Å². The zero-order valence-corrected chi connectivity index (χ0v) is 22.1. The molecule has 1 aliphatic rings. The number of hydrogen-bond donors (Lipinski definition) is 1. The summed E-state index contributed by atoms with van der Waals surface area (Å²) >= 11 is 0. The van der Waals surface area contributed by atoms with Crippen LogP contribution in [0.4, 0.5) is 10.1 Å². The highest BCUT2D eigenvalue weighted by Gasteiger charge is 2.31. The first-order valence-corrected chi connectivity index (χ1v) is 12.6. The van der Waals surface area contributed by atoms with E-state index in [-0.39, 0.29) is 49.1 Å². The Bertz CT molecular complexity index is 1120. The van der Waals surface area contributed by atoms with Crippen LogP contribution < -0.4 is 10.1 Å². The number of carbonyl (C=O) groups is 3. The van der Waals surface area contributed by atoms with Crippen molar-refractivity contribution in [3.05, 3.63) is 59.4 Å². The second kappa shape index (κ2) is 12.7. The molecule has 2 aromatic carbocycles. The second-order valence-electron chi connectivity index (χ2n) is 9.54. The topological polar surface area (TPSA) is 88.2 Å². The Kier molecular flexibility index (Phi) is 9.63. The van der Waals surface area contributed by atoms with Gasteiger partial charge in [0.05, 0.1) is 23.3 Å². The van der Waals surface area contributed by atoms with Gasteiger partial charge in [0, 0.05) is 45.3 Å². The molecule has 0 aliphatic carbocycles. The van der Waals surface area contributed by atoms with Crippen molar-refractivity contribution in [1.29, 1.82) is 0 Å². The molecule has 200 valence electrons. The lowest BCUT2D eigenvalue weighted by atomic mass is 10.0. The van der Waals surface area contributed by atoms with Gasteiger partial charge in [0.25, 0.3) is 11.8 Å². The van der Waals surface area contributed by atoms with E-state index in [1.54, 1.807) is 54.3 Å². The van der Waals surface area contributed by atoms with Crippen molar-refractivity contribution in [2.75, 3.05) is 39.2 Å². The quantitative estimate of drug-likeness (QED) is 0.647. The van der Waals surface area contributed by atoms with Gasteiger partial charge < -0.3 is 24.6 Å². The molecule has 3 amide bonds. The molecule has 1 aliphatic heterocycles. The number of rotatable bonds is 5. The fourth-order valence-corrected chi connectivity index (χ4v) is 4.38. The molecule has 0 saturated heterocycles. The number of hydrogen-bond acceptors (Lipinski definition) is 5. The standard InChI is InChI=1S/C28H36FN3O5/c1-6-9-26(33)30-20-12-13-24-22(14-20)27(34)31(4)16-25(36-5)18(2)15-32(19(3)17-37-24)28(35)21-10-7-8-11-23(21)29/h7-8,10-14,18-19,25H,6,9,15-17H2,1-5H3,(H,30,33)/t18-,19+,25-/m1/s1.